The Kier molecular flexibility index (Phi) is 5.34. The number of imidazole rings is 1. The minimum Gasteiger partial charge on any atom is -0.418 e. The first-order chi connectivity index (χ1) is 6.75. The summed E-state index contributed by atoms with van der Waals surface area (Å²) in [5.74, 6) is 1.09. The van der Waals surface area contributed by atoms with E-state index in [2.05, 4.69) is 4.98 Å². The highest BCUT2D eigenvalue weighted by Crippen LogP contribution is 2.06. The number of aliphatic hydroxyl groups is 1. The van der Waals surface area contributed by atoms with Crippen LogP contribution in [0.2, 0.25) is 0 Å². The highest BCUT2D eigenvalue weighted by atomic mass is 19.5. The van der Waals surface area contributed by atoms with E-state index >= 15 is 0 Å². The van der Waals surface area contributed by atoms with E-state index in [1.807, 2.05) is 24.6 Å². The number of aliphatic hydroxyl groups excluding tert-OH is 1. The van der Waals surface area contributed by atoms with Crippen molar-refractivity contribution in [1.29, 1.82) is 0 Å². The lowest BCUT2D eigenvalue weighted by Crippen LogP contribution is -2.39. The van der Waals surface area contributed by atoms with Gasteiger partial charge in [-0.25, -0.2) is 9.55 Å². The fraction of sp³-hybridized carbons (Fsp3) is 0.571. The average Bonchev–Trinajstić information content (AvgIpc) is 2.33. The second-order valence-corrected chi connectivity index (χ2v) is 2.89. The van der Waals surface area contributed by atoms with Crippen molar-refractivity contribution in [1.82, 2.24) is 4.98 Å². The molecule has 0 aliphatic heterocycles. The van der Waals surface area contributed by atoms with E-state index < -0.39 is 7.25 Å². The molecular weight excluding hydrogens is 215 g/mol. The zero-order valence-electron chi connectivity index (χ0n) is 8.48. The van der Waals surface area contributed by atoms with Crippen LogP contribution >= 0.6 is 0 Å². The van der Waals surface area contributed by atoms with Gasteiger partial charge < -0.3 is 22.4 Å². The maximum atomic E-state index is 9.75. The van der Waals surface area contributed by atoms with E-state index in [1.54, 1.807) is 0 Å². The van der Waals surface area contributed by atoms with Crippen LogP contribution < -0.4 is 4.57 Å². The summed E-state index contributed by atoms with van der Waals surface area (Å²) in [4.78, 5) is 3.07. The van der Waals surface area contributed by atoms with Gasteiger partial charge in [-0.1, -0.05) is 0 Å². The largest absolute Gasteiger partial charge is 0.673 e. The Bertz CT molecular complexity index is 274. The van der Waals surface area contributed by atoms with Crippen molar-refractivity contribution in [3.05, 3.63) is 17.7 Å². The van der Waals surface area contributed by atoms with Gasteiger partial charge in [-0.15, -0.1) is 0 Å². The summed E-state index contributed by atoms with van der Waals surface area (Å²) in [5, 5.41) is 8.65. The normalized spacial score (nSPS) is 10.9. The molecule has 2 N–H and O–H groups in total. The molecular formula is C7H13BF4N2O. The van der Waals surface area contributed by atoms with E-state index in [0.29, 0.717) is 6.54 Å². The van der Waals surface area contributed by atoms with E-state index in [1.165, 1.54) is 0 Å². The molecule has 0 bridgehead atoms. The maximum Gasteiger partial charge on any atom is 0.673 e. The molecule has 3 nitrogen and oxygen atoms in total. The van der Waals surface area contributed by atoms with Crippen LogP contribution in [0.1, 0.15) is 11.5 Å². The molecule has 0 atom stereocenters. The van der Waals surface area contributed by atoms with Gasteiger partial charge in [0.2, 0.25) is 0 Å². The molecule has 8 heteroatoms. The van der Waals surface area contributed by atoms with Crippen LogP contribution in [0.15, 0.2) is 6.20 Å². The quantitative estimate of drug-likeness (QED) is 0.445. The third-order valence-electron chi connectivity index (χ3n) is 1.64. The van der Waals surface area contributed by atoms with Crippen LogP contribution in [-0.2, 0) is 6.54 Å². The Morgan fingerprint density at radius 2 is 1.80 bits per heavy atom. The number of aromatic amines is 1. The van der Waals surface area contributed by atoms with Crippen molar-refractivity contribution < 1.29 is 26.9 Å². The lowest BCUT2D eigenvalue weighted by molar-refractivity contribution is -0.708. The number of halogens is 4. The van der Waals surface area contributed by atoms with Crippen LogP contribution in [0.4, 0.5) is 17.3 Å². The monoisotopic (exact) mass is 228 g/mol. The Hall–Kier alpha value is -1.05. The molecule has 15 heavy (non-hydrogen) atoms. The minimum atomic E-state index is -6.00. The van der Waals surface area contributed by atoms with Gasteiger partial charge in [-0.3, -0.25) is 0 Å². The molecule has 0 aromatic carbocycles. The molecule has 0 saturated carbocycles. The van der Waals surface area contributed by atoms with Crippen LogP contribution in [0.5, 0.6) is 0 Å². The summed E-state index contributed by atoms with van der Waals surface area (Å²) in [5.41, 5.74) is 1.16. The summed E-state index contributed by atoms with van der Waals surface area (Å²) in [6, 6.07) is 0. The molecule has 0 unspecified atom stereocenters. The van der Waals surface area contributed by atoms with Crippen molar-refractivity contribution in [2.24, 2.45) is 0 Å². The molecule has 0 radical (unpaired) electrons. The van der Waals surface area contributed by atoms with Gasteiger partial charge >= 0.3 is 7.25 Å². The Morgan fingerprint density at radius 1 is 1.33 bits per heavy atom. The Labute approximate surface area is 84.8 Å². The first kappa shape index (κ1) is 14.0. The van der Waals surface area contributed by atoms with Crippen molar-refractivity contribution in [2.75, 3.05) is 6.61 Å². The predicted octanol–water partition coefficient (Wildman–Crippen LogP) is 1.21. The van der Waals surface area contributed by atoms with Crippen LogP contribution in [0.25, 0.3) is 0 Å². The maximum absolute atomic E-state index is 9.75. The van der Waals surface area contributed by atoms with Crippen molar-refractivity contribution in [3.63, 3.8) is 0 Å². The second-order valence-electron chi connectivity index (χ2n) is 2.89. The van der Waals surface area contributed by atoms with Gasteiger partial charge in [0.15, 0.2) is 0 Å². The van der Waals surface area contributed by atoms with E-state index in [-0.39, 0.29) is 6.61 Å². The summed E-state index contributed by atoms with van der Waals surface area (Å²) >= 11 is 0. The number of nitrogens with one attached hydrogen (secondary N) is 1. The van der Waals surface area contributed by atoms with Crippen LogP contribution in [0, 0.1) is 13.8 Å². The lowest BCUT2D eigenvalue weighted by Gasteiger charge is -1.94. The van der Waals surface area contributed by atoms with Crippen molar-refractivity contribution in [2.45, 2.75) is 20.4 Å². The average molecular weight is 228 g/mol. The van der Waals surface area contributed by atoms with Gasteiger partial charge in [0.25, 0.3) is 5.82 Å². The van der Waals surface area contributed by atoms with Crippen LogP contribution in [-0.4, -0.2) is 24.0 Å². The Balaban J connectivity index is 0.000000336. The molecule has 0 spiro atoms. The third kappa shape index (κ3) is 6.95. The van der Waals surface area contributed by atoms with Crippen molar-refractivity contribution >= 4 is 7.25 Å². The number of aryl methyl sites for hydroxylation is 2. The molecule has 0 aliphatic carbocycles. The molecule has 88 valence electrons. The minimum absolute atomic E-state index is 0.199. The van der Waals surface area contributed by atoms with Crippen LogP contribution in [0.3, 0.4) is 0 Å². The molecule has 1 aromatic heterocycles. The number of hydrogen-bond acceptors (Lipinski definition) is 1. The SMILES string of the molecule is Cc1c[nH]c(C)[n+]1CCO.F[B-](F)(F)F. The molecule has 0 fully saturated rings. The first-order valence-corrected chi connectivity index (χ1v) is 4.28. The lowest BCUT2D eigenvalue weighted by atomic mass is 10.3. The fourth-order valence-corrected chi connectivity index (χ4v) is 1.07. The predicted molar refractivity (Wildman–Crippen MR) is 47.7 cm³/mol. The number of rotatable bonds is 2. The van der Waals surface area contributed by atoms with Gasteiger partial charge in [0, 0.05) is 13.8 Å². The summed E-state index contributed by atoms with van der Waals surface area (Å²) < 4.78 is 41.0. The molecule has 1 rings (SSSR count). The first-order valence-electron chi connectivity index (χ1n) is 4.28. The van der Waals surface area contributed by atoms with E-state index in [0.717, 1.165) is 11.5 Å². The number of aromatic nitrogens is 2. The molecule has 1 aromatic rings. The fourth-order valence-electron chi connectivity index (χ4n) is 1.07. The summed E-state index contributed by atoms with van der Waals surface area (Å²) in [6.45, 7) is 4.88. The highest BCUT2D eigenvalue weighted by Gasteiger charge is 2.20. The number of H-pyrrole nitrogens is 1. The Morgan fingerprint density at radius 3 is 2.07 bits per heavy atom. The molecule has 0 amide bonds. The summed E-state index contributed by atoms with van der Waals surface area (Å²) in [7, 11) is -6.00. The summed E-state index contributed by atoms with van der Waals surface area (Å²) in [6.07, 6.45) is 1.94. The molecule has 0 aliphatic rings. The zero-order chi connectivity index (χ0) is 12.1. The van der Waals surface area contributed by atoms with Gasteiger partial charge in [-0.05, 0) is 0 Å². The topological polar surface area (TPSA) is 39.9 Å². The zero-order valence-corrected chi connectivity index (χ0v) is 8.48. The van der Waals surface area contributed by atoms with E-state index in [4.69, 9.17) is 5.11 Å². The standard InChI is InChI=1S/C7H12N2O.BF4/c1-6-5-8-7(2)9(6)3-4-10;2-1(3,4)5/h5,10H,3-4H2,1-2H3;/q;-1/p+1. The smallest absolute Gasteiger partial charge is 0.418 e. The van der Waals surface area contributed by atoms with Gasteiger partial charge in [0.1, 0.15) is 18.4 Å². The van der Waals surface area contributed by atoms with E-state index in [9.17, 15) is 17.3 Å². The number of hydrogen-bond donors (Lipinski definition) is 2. The highest BCUT2D eigenvalue weighted by molar-refractivity contribution is 6.50. The van der Waals surface area contributed by atoms with Crippen molar-refractivity contribution in [3.8, 4) is 0 Å². The molecule has 1 heterocycles. The van der Waals surface area contributed by atoms with Gasteiger partial charge in [0.05, 0.1) is 6.61 Å². The number of nitrogens with zero attached hydrogens (tertiary/aromatic N) is 1. The third-order valence-corrected chi connectivity index (χ3v) is 1.64. The second kappa shape index (κ2) is 5.74. The molecule has 0 saturated heterocycles. The van der Waals surface area contributed by atoms with Gasteiger partial charge in [-0.2, -0.15) is 0 Å².